The molecule has 1 aromatic heterocycles. The lowest BCUT2D eigenvalue weighted by molar-refractivity contribution is -0.122. The summed E-state index contributed by atoms with van der Waals surface area (Å²) in [4.78, 5) is 31.7. The van der Waals surface area contributed by atoms with Crippen molar-refractivity contribution in [3.63, 3.8) is 0 Å². The second-order valence-electron chi connectivity index (χ2n) is 7.62. The quantitative estimate of drug-likeness (QED) is 0.889. The number of likely N-dealkylation sites (tertiary alicyclic amines) is 1. The van der Waals surface area contributed by atoms with E-state index in [9.17, 15) is 9.59 Å². The van der Waals surface area contributed by atoms with Crippen LogP contribution in [0.2, 0.25) is 0 Å². The van der Waals surface area contributed by atoms with Crippen LogP contribution in [0.5, 0.6) is 0 Å². The Hall–Kier alpha value is -2.21. The van der Waals surface area contributed by atoms with Crippen LogP contribution in [0.4, 0.5) is 0 Å². The molecule has 0 aliphatic carbocycles. The zero-order chi connectivity index (χ0) is 18.7. The van der Waals surface area contributed by atoms with Crippen molar-refractivity contribution in [1.82, 2.24) is 19.8 Å². The summed E-state index contributed by atoms with van der Waals surface area (Å²) in [5.41, 5.74) is 1.48. The Morgan fingerprint density at radius 2 is 2.23 bits per heavy atom. The van der Waals surface area contributed by atoms with Gasteiger partial charge in [0, 0.05) is 19.1 Å². The predicted molar refractivity (Wildman–Crippen MR) is 103 cm³/mol. The minimum Gasteiger partial charge on any atom is -0.351 e. The summed E-state index contributed by atoms with van der Waals surface area (Å²) < 4.78 is 1.38. The van der Waals surface area contributed by atoms with Gasteiger partial charge < -0.3 is 10.2 Å². The lowest BCUT2D eigenvalue weighted by atomic mass is 10.00. The van der Waals surface area contributed by atoms with E-state index in [1.807, 2.05) is 26.0 Å². The van der Waals surface area contributed by atoms with E-state index in [2.05, 4.69) is 22.1 Å². The third-order valence-electron chi connectivity index (χ3n) is 5.05. The van der Waals surface area contributed by atoms with E-state index in [4.69, 9.17) is 0 Å². The molecule has 0 bridgehead atoms. The van der Waals surface area contributed by atoms with Crippen LogP contribution in [0.3, 0.4) is 0 Å². The van der Waals surface area contributed by atoms with Crippen LogP contribution < -0.4 is 10.9 Å². The summed E-state index contributed by atoms with van der Waals surface area (Å²) in [5.74, 6) is 0.566. The maximum Gasteiger partial charge on any atom is 0.261 e. The zero-order valence-corrected chi connectivity index (χ0v) is 15.9. The van der Waals surface area contributed by atoms with E-state index in [1.165, 1.54) is 23.7 Å². The second-order valence-corrected chi connectivity index (χ2v) is 7.62. The first-order valence-corrected chi connectivity index (χ1v) is 9.40. The highest BCUT2D eigenvalue weighted by atomic mass is 16.2. The van der Waals surface area contributed by atoms with E-state index >= 15 is 0 Å². The predicted octanol–water partition coefficient (Wildman–Crippen LogP) is 1.94. The average Bonchev–Trinajstić information content (AvgIpc) is 2.58. The molecule has 0 radical (unpaired) electrons. The number of piperidine rings is 1. The summed E-state index contributed by atoms with van der Waals surface area (Å²) in [6.45, 7) is 9.25. The van der Waals surface area contributed by atoms with Crippen molar-refractivity contribution in [3.8, 4) is 0 Å². The molecule has 1 aliphatic heterocycles. The fourth-order valence-electron chi connectivity index (χ4n) is 3.81. The normalized spacial score (nSPS) is 19.4. The third-order valence-corrected chi connectivity index (χ3v) is 5.05. The summed E-state index contributed by atoms with van der Waals surface area (Å²) in [5, 5.41) is 3.56. The molecule has 2 unspecified atom stereocenters. The van der Waals surface area contributed by atoms with Gasteiger partial charge in [-0.05, 0) is 50.8 Å². The van der Waals surface area contributed by atoms with E-state index < -0.39 is 0 Å². The highest BCUT2D eigenvalue weighted by molar-refractivity contribution is 5.81. The van der Waals surface area contributed by atoms with Gasteiger partial charge in [-0.3, -0.25) is 14.2 Å². The smallest absolute Gasteiger partial charge is 0.261 e. The van der Waals surface area contributed by atoms with Gasteiger partial charge in [-0.1, -0.05) is 19.1 Å². The number of hydrogen-bond donors (Lipinski definition) is 1. The van der Waals surface area contributed by atoms with Gasteiger partial charge >= 0.3 is 0 Å². The first-order chi connectivity index (χ1) is 12.4. The third kappa shape index (κ3) is 4.30. The van der Waals surface area contributed by atoms with Crippen LogP contribution >= 0.6 is 0 Å². The molecule has 26 heavy (non-hydrogen) atoms. The first kappa shape index (κ1) is 18.6. The average molecular weight is 356 g/mol. The SMILES string of the molecule is Cc1cccc2c(=O)n(CC(=O)NC(C)CN3CCCC(C)C3)cnc12. The molecule has 1 fully saturated rings. The number of nitrogens with one attached hydrogen (secondary N) is 1. The van der Waals surface area contributed by atoms with Gasteiger partial charge in [0.05, 0.1) is 17.2 Å². The summed E-state index contributed by atoms with van der Waals surface area (Å²) in [6, 6.07) is 5.58. The van der Waals surface area contributed by atoms with Crippen molar-refractivity contribution in [3.05, 3.63) is 40.4 Å². The molecule has 0 saturated carbocycles. The summed E-state index contributed by atoms with van der Waals surface area (Å²) in [7, 11) is 0. The minimum absolute atomic E-state index is 0.00351. The molecule has 1 N–H and O–H groups in total. The Balaban J connectivity index is 1.62. The fourth-order valence-corrected chi connectivity index (χ4v) is 3.81. The number of carbonyl (C=O) groups is 1. The summed E-state index contributed by atoms with van der Waals surface area (Å²) in [6.07, 6.45) is 3.97. The van der Waals surface area contributed by atoms with Crippen molar-refractivity contribution >= 4 is 16.8 Å². The number of aryl methyl sites for hydroxylation is 1. The molecule has 1 aromatic carbocycles. The molecule has 6 nitrogen and oxygen atoms in total. The van der Waals surface area contributed by atoms with E-state index in [-0.39, 0.29) is 24.1 Å². The Morgan fingerprint density at radius 3 is 3.00 bits per heavy atom. The first-order valence-electron chi connectivity index (χ1n) is 9.40. The van der Waals surface area contributed by atoms with Gasteiger partial charge in [0.15, 0.2) is 0 Å². The van der Waals surface area contributed by atoms with Gasteiger partial charge in [0.2, 0.25) is 5.91 Å². The van der Waals surface area contributed by atoms with Gasteiger partial charge in [0.1, 0.15) is 6.54 Å². The van der Waals surface area contributed by atoms with Crippen LogP contribution in [-0.2, 0) is 11.3 Å². The number of benzene rings is 1. The molecule has 1 saturated heterocycles. The van der Waals surface area contributed by atoms with E-state index in [1.54, 1.807) is 6.07 Å². The number of carbonyl (C=O) groups excluding carboxylic acids is 1. The Kier molecular flexibility index (Phi) is 5.71. The van der Waals surface area contributed by atoms with Crippen LogP contribution in [0.1, 0.15) is 32.3 Å². The number of aromatic nitrogens is 2. The molecule has 140 valence electrons. The Labute approximate surface area is 154 Å². The molecular formula is C20H28N4O2. The fraction of sp³-hybridized carbons (Fsp3) is 0.550. The molecule has 2 atom stereocenters. The van der Waals surface area contributed by atoms with Crippen molar-refractivity contribution in [1.29, 1.82) is 0 Å². The largest absolute Gasteiger partial charge is 0.351 e. The molecule has 6 heteroatoms. The maximum absolute atomic E-state index is 12.6. The van der Waals surface area contributed by atoms with Crippen LogP contribution in [0.25, 0.3) is 10.9 Å². The summed E-state index contributed by atoms with van der Waals surface area (Å²) >= 11 is 0. The standard InChI is InChI=1S/C20H28N4O2/c1-14-6-5-9-23(10-14)11-16(3)22-18(25)12-24-13-21-19-15(2)7-4-8-17(19)20(24)26/h4,7-8,13-14,16H,5-6,9-12H2,1-3H3,(H,22,25). The molecule has 3 rings (SSSR count). The van der Waals surface area contributed by atoms with Crippen LogP contribution in [-0.4, -0.2) is 46.0 Å². The van der Waals surface area contributed by atoms with Crippen LogP contribution in [0, 0.1) is 12.8 Å². The number of para-hydroxylation sites is 1. The monoisotopic (exact) mass is 356 g/mol. The highest BCUT2D eigenvalue weighted by Crippen LogP contribution is 2.15. The lowest BCUT2D eigenvalue weighted by Crippen LogP contribution is -2.46. The topological polar surface area (TPSA) is 67.2 Å². The molecule has 0 spiro atoms. The number of amides is 1. The molecule has 1 amide bonds. The van der Waals surface area contributed by atoms with Gasteiger partial charge in [0.25, 0.3) is 5.56 Å². The van der Waals surface area contributed by atoms with Crippen LogP contribution in [0.15, 0.2) is 29.3 Å². The number of rotatable bonds is 5. The van der Waals surface area contributed by atoms with E-state index in [0.29, 0.717) is 10.9 Å². The van der Waals surface area contributed by atoms with Crippen molar-refractivity contribution in [2.75, 3.05) is 19.6 Å². The molecule has 1 aliphatic rings. The van der Waals surface area contributed by atoms with Gasteiger partial charge in [-0.2, -0.15) is 0 Å². The van der Waals surface area contributed by atoms with Crippen molar-refractivity contribution in [2.24, 2.45) is 5.92 Å². The van der Waals surface area contributed by atoms with E-state index in [0.717, 1.165) is 31.1 Å². The molecule has 2 heterocycles. The second kappa shape index (κ2) is 7.99. The molecule has 2 aromatic rings. The number of fused-ring (bicyclic) bond motifs is 1. The highest BCUT2D eigenvalue weighted by Gasteiger charge is 2.19. The van der Waals surface area contributed by atoms with Gasteiger partial charge in [-0.15, -0.1) is 0 Å². The number of nitrogens with zero attached hydrogens (tertiary/aromatic N) is 3. The Bertz CT molecular complexity index is 845. The van der Waals surface area contributed by atoms with Crippen molar-refractivity contribution < 1.29 is 4.79 Å². The molecular weight excluding hydrogens is 328 g/mol. The maximum atomic E-state index is 12.6. The minimum atomic E-state index is -0.175. The van der Waals surface area contributed by atoms with Gasteiger partial charge in [-0.25, -0.2) is 4.98 Å². The lowest BCUT2D eigenvalue weighted by Gasteiger charge is -2.32. The zero-order valence-electron chi connectivity index (χ0n) is 15.9. The number of hydrogen-bond acceptors (Lipinski definition) is 4. The van der Waals surface area contributed by atoms with Crippen molar-refractivity contribution in [2.45, 2.75) is 46.2 Å². The Morgan fingerprint density at radius 1 is 1.42 bits per heavy atom.